The Morgan fingerprint density at radius 2 is 1.94 bits per heavy atom. The van der Waals surface area contributed by atoms with Crippen LogP contribution >= 0.6 is 22.9 Å². The van der Waals surface area contributed by atoms with Crippen molar-refractivity contribution in [1.29, 1.82) is 0 Å². The van der Waals surface area contributed by atoms with Gasteiger partial charge in [0, 0.05) is 41.6 Å². The number of aromatic nitrogens is 1. The topological polar surface area (TPSA) is 73.7 Å². The van der Waals surface area contributed by atoms with Crippen LogP contribution in [-0.4, -0.2) is 52.7 Å². The maximum Gasteiger partial charge on any atom is 0.490 e. The summed E-state index contributed by atoms with van der Waals surface area (Å²) in [7, 11) is 0. The summed E-state index contributed by atoms with van der Waals surface area (Å²) in [6.45, 7) is 3.45. The first-order valence-corrected chi connectivity index (χ1v) is 12.0. The second-order valence-corrected chi connectivity index (χ2v) is 9.66. The third kappa shape index (κ3) is 5.50. The van der Waals surface area contributed by atoms with Crippen molar-refractivity contribution < 1.29 is 27.9 Å². The first-order valence-electron chi connectivity index (χ1n) is 10.7. The summed E-state index contributed by atoms with van der Waals surface area (Å²) in [6, 6.07) is 13.9. The highest BCUT2D eigenvalue weighted by Gasteiger charge is 2.50. The number of halogens is 4. The predicted octanol–water partition coefficient (Wildman–Crippen LogP) is 5.23. The van der Waals surface area contributed by atoms with Crippen molar-refractivity contribution in [3.63, 3.8) is 0 Å². The van der Waals surface area contributed by atoms with Crippen LogP contribution in [0.2, 0.25) is 5.02 Å². The molecule has 1 spiro atoms. The fourth-order valence-corrected chi connectivity index (χ4v) is 5.36. The number of carbonyl (C=O) groups excluding carboxylic acids is 1. The van der Waals surface area contributed by atoms with Crippen molar-refractivity contribution in [2.75, 3.05) is 24.5 Å². The third-order valence-corrected chi connectivity index (χ3v) is 6.94. The Bertz CT molecular complexity index is 1220. The van der Waals surface area contributed by atoms with Crippen LogP contribution in [0.4, 0.5) is 18.9 Å². The fraction of sp³-hybridized carbons (Fsp3) is 0.292. The van der Waals surface area contributed by atoms with Crippen LogP contribution in [0.5, 0.6) is 0 Å². The number of thiophene rings is 1. The molecule has 1 saturated heterocycles. The Morgan fingerprint density at radius 1 is 1.17 bits per heavy atom. The van der Waals surface area contributed by atoms with Crippen LogP contribution in [0.1, 0.15) is 28.0 Å². The van der Waals surface area contributed by atoms with E-state index in [4.69, 9.17) is 26.5 Å². The average molecular weight is 524 g/mol. The van der Waals surface area contributed by atoms with Gasteiger partial charge in [-0.1, -0.05) is 23.7 Å². The molecule has 2 aliphatic rings. The summed E-state index contributed by atoms with van der Waals surface area (Å²) in [5.74, 6) is -2.69. The van der Waals surface area contributed by atoms with Gasteiger partial charge in [0.05, 0.1) is 16.9 Å². The second kappa shape index (κ2) is 9.96. The standard InChI is InChI=1S/C22H20ClN3OS.C2HF3O2/c23-18-4-1-3-16(11-18)12-25-9-7-22(14-25)15-26(19-5-2-8-24-20(19)22)21(27)17-6-10-28-13-17;3-2(4,5)1(6)7/h1-6,8,10-11,13H,7,9,12,14-15H2;(H,6,7). The molecule has 0 aliphatic carbocycles. The average Bonchev–Trinajstić information content (AvgIpc) is 3.54. The monoisotopic (exact) mass is 523 g/mol. The zero-order valence-corrected chi connectivity index (χ0v) is 19.9. The molecule has 2 aromatic heterocycles. The molecule has 0 bridgehead atoms. The molecule has 0 radical (unpaired) electrons. The molecular weight excluding hydrogens is 503 g/mol. The zero-order chi connectivity index (χ0) is 25.2. The lowest BCUT2D eigenvalue weighted by molar-refractivity contribution is -0.192. The Balaban J connectivity index is 0.000000364. The highest BCUT2D eigenvalue weighted by Crippen LogP contribution is 2.45. The van der Waals surface area contributed by atoms with E-state index in [2.05, 4.69) is 11.0 Å². The van der Waals surface area contributed by atoms with Gasteiger partial charge in [0.15, 0.2) is 0 Å². The molecule has 1 fully saturated rings. The second-order valence-electron chi connectivity index (χ2n) is 8.45. The molecule has 35 heavy (non-hydrogen) atoms. The number of likely N-dealkylation sites (tertiary alicyclic amines) is 1. The number of fused-ring (bicyclic) bond motifs is 2. The van der Waals surface area contributed by atoms with Gasteiger partial charge >= 0.3 is 12.1 Å². The minimum Gasteiger partial charge on any atom is -0.475 e. The fourth-order valence-electron chi connectivity index (χ4n) is 4.52. The summed E-state index contributed by atoms with van der Waals surface area (Å²) in [6.07, 6.45) is -2.23. The molecule has 1 atom stereocenters. The van der Waals surface area contributed by atoms with Gasteiger partial charge in [-0.25, -0.2) is 4.79 Å². The molecule has 1 N–H and O–H groups in total. The van der Waals surface area contributed by atoms with E-state index in [1.54, 1.807) is 11.3 Å². The van der Waals surface area contributed by atoms with Gasteiger partial charge in [0.25, 0.3) is 5.91 Å². The van der Waals surface area contributed by atoms with Crippen molar-refractivity contribution in [3.8, 4) is 0 Å². The molecular formula is C24H21ClF3N3O3S. The van der Waals surface area contributed by atoms with Crippen LogP contribution in [0, 0.1) is 0 Å². The van der Waals surface area contributed by atoms with Crippen LogP contribution < -0.4 is 4.90 Å². The first-order chi connectivity index (χ1) is 16.6. The van der Waals surface area contributed by atoms with E-state index < -0.39 is 12.1 Å². The molecule has 2 aliphatic heterocycles. The first kappa shape index (κ1) is 25.2. The lowest BCUT2D eigenvalue weighted by Crippen LogP contribution is -2.39. The minimum atomic E-state index is -5.08. The van der Waals surface area contributed by atoms with Crippen molar-refractivity contribution in [2.24, 2.45) is 0 Å². The van der Waals surface area contributed by atoms with E-state index in [1.165, 1.54) is 5.56 Å². The van der Waals surface area contributed by atoms with E-state index in [-0.39, 0.29) is 11.3 Å². The van der Waals surface area contributed by atoms with Crippen LogP contribution in [0.3, 0.4) is 0 Å². The lowest BCUT2D eigenvalue weighted by atomic mass is 9.85. The lowest BCUT2D eigenvalue weighted by Gasteiger charge is -2.25. The molecule has 184 valence electrons. The number of hydrogen-bond donors (Lipinski definition) is 1. The quantitative estimate of drug-likeness (QED) is 0.508. The smallest absolute Gasteiger partial charge is 0.475 e. The van der Waals surface area contributed by atoms with E-state index in [1.807, 2.05) is 58.3 Å². The molecule has 1 aromatic carbocycles. The van der Waals surface area contributed by atoms with Crippen LogP contribution in [0.15, 0.2) is 59.4 Å². The van der Waals surface area contributed by atoms with Crippen molar-refractivity contribution in [1.82, 2.24) is 9.88 Å². The number of anilines is 1. The van der Waals surface area contributed by atoms with E-state index in [0.717, 1.165) is 48.0 Å². The maximum atomic E-state index is 13.1. The number of alkyl halides is 3. The summed E-state index contributed by atoms with van der Waals surface area (Å²) in [5.41, 5.74) is 3.90. The van der Waals surface area contributed by atoms with Gasteiger partial charge in [-0.2, -0.15) is 24.5 Å². The molecule has 4 heterocycles. The van der Waals surface area contributed by atoms with Crippen molar-refractivity contribution >= 4 is 40.5 Å². The highest BCUT2D eigenvalue weighted by molar-refractivity contribution is 7.08. The number of aliphatic carboxylic acids is 1. The van der Waals surface area contributed by atoms with Gasteiger partial charge in [0.1, 0.15) is 0 Å². The number of pyridine rings is 1. The molecule has 0 saturated carbocycles. The molecule has 11 heteroatoms. The van der Waals surface area contributed by atoms with Gasteiger partial charge in [0.2, 0.25) is 0 Å². The van der Waals surface area contributed by atoms with Crippen molar-refractivity contribution in [2.45, 2.75) is 24.6 Å². The van der Waals surface area contributed by atoms with E-state index in [9.17, 15) is 18.0 Å². The van der Waals surface area contributed by atoms with Crippen molar-refractivity contribution in [3.05, 3.63) is 81.3 Å². The Labute approximate surface area is 208 Å². The SMILES string of the molecule is O=C(O)C(F)(F)F.O=C(c1ccsc1)N1CC2(CCN(Cc3cccc(Cl)c3)C2)c2ncccc21. The van der Waals surface area contributed by atoms with Gasteiger partial charge < -0.3 is 10.0 Å². The third-order valence-electron chi connectivity index (χ3n) is 6.02. The molecule has 6 nitrogen and oxygen atoms in total. The largest absolute Gasteiger partial charge is 0.490 e. The number of carboxylic acid groups (broad SMARTS) is 1. The Morgan fingerprint density at radius 3 is 2.60 bits per heavy atom. The number of hydrogen-bond acceptors (Lipinski definition) is 5. The number of benzene rings is 1. The van der Waals surface area contributed by atoms with Crippen LogP contribution in [0.25, 0.3) is 0 Å². The summed E-state index contributed by atoms with van der Waals surface area (Å²) < 4.78 is 31.7. The summed E-state index contributed by atoms with van der Waals surface area (Å²) >= 11 is 7.70. The number of rotatable bonds is 3. The summed E-state index contributed by atoms with van der Waals surface area (Å²) in [4.78, 5) is 31.1. The molecule has 1 amide bonds. The van der Waals surface area contributed by atoms with Gasteiger partial charge in [-0.15, -0.1) is 0 Å². The van der Waals surface area contributed by atoms with Gasteiger partial charge in [-0.05, 0) is 54.2 Å². The van der Waals surface area contributed by atoms with Gasteiger partial charge in [-0.3, -0.25) is 14.7 Å². The molecule has 5 rings (SSSR count). The number of carbonyl (C=O) groups is 2. The number of amides is 1. The highest BCUT2D eigenvalue weighted by atomic mass is 35.5. The summed E-state index contributed by atoms with van der Waals surface area (Å²) in [5, 5.41) is 11.8. The Hall–Kier alpha value is -2.95. The number of carboxylic acids is 1. The zero-order valence-electron chi connectivity index (χ0n) is 18.3. The minimum absolute atomic E-state index is 0.0701. The normalized spacial score (nSPS) is 19.4. The number of nitrogens with zero attached hydrogens (tertiary/aromatic N) is 3. The maximum absolute atomic E-state index is 13.1. The van der Waals surface area contributed by atoms with E-state index >= 15 is 0 Å². The van der Waals surface area contributed by atoms with Crippen LogP contribution in [-0.2, 0) is 16.8 Å². The molecule has 1 unspecified atom stereocenters. The molecule has 3 aromatic rings. The Kier molecular flexibility index (Phi) is 7.16. The predicted molar refractivity (Wildman–Crippen MR) is 127 cm³/mol. The van der Waals surface area contributed by atoms with E-state index in [0.29, 0.717) is 6.54 Å².